The smallest absolute Gasteiger partial charge is 0.119 e. The van der Waals surface area contributed by atoms with Crippen LogP contribution in [-0.2, 0) is 9.47 Å². The van der Waals surface area contributed by atoms with Crippen molar-refractivity contribution in [2.24, 2.45) is 5.92 Å². The van der Waals surface area contributed by atoms with Crippen LogP contribution in [0, 0.1) is 5.92 Å². The summed E-state index contributed by atoms with van der Waals surface area (Å²) in [5.41, 5.74) is 1.47. The minimum Gasteiger partial charge on any atom is -0.491 e. The summed E-state index contributed by atoms with van der Waals surface area (Å²) in [5.74, 6) is 2.58. The Morgan fingerprint density at radius 2 is 1.50 bits per heavy atom. The van der Waals surface area contributed by atoms with Crippen LogP contribution in [0.5, 0.6) is 5.75 Å². The Hall–Kier alpha value is -1.06. The molecule has 22 heavy (non-hydrogen) atoms. The van der Waals surface area contributed by atoms with Crippen LogP contribution >= 0.6 is 0 Å². The fourth-order valence-corrected chi connectivity index (χ4v) is 3.01. The average Bonchev–Trinajstić information content (AvgIpc) is 2.55. The van der Waals surface area contributed by atoms with E-state index in [-0.39, 0.29) is 0 Å². The van der Waals surface area contributed by atoms with Gasteiger partial charge in [-0.3, -0.25) is 0 Å². The SMILES string of the molecule is CCOCCOCCOc1ccc(C2CCC(C)CC2)cc1. The van der Waals surface area contributed by atoms with Crippen LogP contribution in [-0.4, -0.2) is 33.0 Å². The summed E-state index contributed by atoms with van der Waals surface area (Å²) in [4.78, 5) is 0. The lowest BCUT2D eigenvalue weighted by atomic mass is 9.79. The first kappa shape index (κ1) is 17.3. The van der Waals surface area contributed by atoms with Gasteiger partial charge in [0.1, 0.15) is 12.4 Å². The Bertz CT molecular complexity index is 394. The second kappa shape index (κ2) is 9.86. The summed E-state index contributed by atoms with van der Waals surface area (Å²) in [7, 11) is 0. The second-order valence-electron chi connectivity index (χ2n) is 6.18. The highest BCUT2D eigenvalue weighted by Crippen LogP contribution is 2.35. The van der Waals surface area contributed by atoms with Gasteiger partial charge in [-0.2, -0.15) is 0 Å². The standard InChI is InChI=1S/C19H30O3/c1-3-20-12-13-21-14-15-22-19-10-8-18(9-11-19)17-6-4-16(2)5-7-17/h8-11,16-17H,3-7,12-15H2,1-2H3. The van der Waals surface area contributed by atoms with Crippen molar-refractivity contribution in [1.29, 1.82) is 0 Å². The van der Waals surface area contributed by atoms with Crippen molar-refractivity contribution in [3.05, 3.63) is 29.8 Å². The fraction of sp³-hybridized carbons (Fsp3) is 0.684. The lowest BCUT2D eigenvalue weighted by Gasteiger charge is -2.26. The highest BCUT2D eigenvalue weighted by Gasteiger charge is 2.19. The molecule has 1 fully saturated rings. The third-order valence-corrected chi connectivity index (χ3v) is 4.44. The molecular formula is C19H30O3. The number of hydrogen-bond donors (Lipinski definition) is 0. The Morgan fingerprint density at radius 3 is 2.18 bits per heavy atom. The van der Waals surface area contributed by atoms with E-state index in [1.807, 2.05) is 6.92 Å². The van der Waals surface area contributed by atoms with Crippen molar-refractivity contribution in [3.8, 4) is 5.75 Å². The zero-order valence-electron chi connectivity index (χ0n) is 14.1. The van der Waals surface area contributed by atoms with E-state index in [0.29, 0.717) is 26.4 Å². The molecule has 1 aliphatic carbocycles. The number of hydrogen-bond acceptors (Lipinski definition) is 3. The topological polar surface area (TPSA) is 27.7 Å². The lowest BCUT2D eigenvalue weighted by molar-refractivity contribution is 0.0405. The zero-order valence-corrected chi connectivity index (χ0v) is 14.1. The van der Waals surface area contributed by atoms with Crippen molar-refractivity contribution in [2.75, 3.05) is 33.0 Å². The first-order chi connectivity index (χ1) is 10.8. The molecule has 1 aromatic carbocycles. The Kier molecular flexibility index (Phi) is 7.75. The summed E-state index contributed by atoms with van der Waals surface area (Å²) in [6.45, 7) is 7.58. The first-order valence-electron chi connectivity index (χ1n) is 8.67. The second-order valence-corrected chi connectivity index (χ2v) is 6.18. The predicted molar refractivity (Wildman–Crippen MR) is 89.6 cm³/mol. The van der Waals surface area contributed by atoms with Crippen LogP contribution in [0.25, 0.3) is 0 Å². The van der Waals surface area contributed by atoms with Gasteiger partial charge in [0.15, 0.2) is 0 Å². The van der Waals surface area contributed by atoms with Crippen LogP contribution in [0.1, 0.15) is 51.0 Å². The Morgan fingerprint density at radius 1 is 0.864 bits per heavy atom. The molecule has 1 aromatic rings. The maximum atomic E-state index is 5.71. The van der Waals surface area contributed by atoms with Crippen molar-refractivity contribution < 1.29 is 14.2 Å². The molecule has 2 rings (SSSR count). The molecule has 0 atom stereocenters. The van der Waals surface area contributed by atoms with Crippen molar-refractivity contribution in [1.82, 2.24) is 0 Å². The molecule has 0 aliphatic heterocycles. The Balaban J connectivity index is 1.64. The van der Waals surface area contributed by atoms with Gasteiger partial charge in [-0.1, -0.05) is 31.9 Å². The largest absolute Gasteiger partial charge is 0.491 e. The molecule has 1 saturated carbocycles. The molecule has 0 unspecified atom stereocenters. The van der Waals surface area contributed by atoms with Gasteiger partial charge in [0, 0.05) is 6.61 Å². The average molecular weight is 306 g/mol. The fourth-order valence-electron chi connectivity index (χ4n) is 3.01. The molecule has 0 saturated heterocycles. The van der Waals surface area contributed by atoms with Crippen molar-refractivity contribution in [3.63, 3.8) is 0 Å². The minimum absolute atomic E-state index is 0.590. The van der Waals surface area contributed by atoms with E-state index in [9.17, 15) is 0 Å². The van der Waals surface area contributed by atoms with E-state index >= 15 is 0 Å². The molecule has 0 spiro atoms. The number of benzene rings is 1. The van der Waals surface area contributed by atoms with E-state index < -0.39 is 0 Å². The van der Waals surface area contributed by atoms with Gasteiger partial charge < -0.3 is 14.2 Å². The van der Waals surface area contributed by atoms with Gasteiger partial charge in [0.05, 0.1) is 19.8 Å². The van der Waals surface area contributed by atoms with Gasteiger partial charge in [-0.25, -0.2) is 0 Å². The number of ether oxygens (including phenoxy) is 3. The van der Waals surface area contributed by atoms with E-state index in [0.717, 1.165) is 24.2 Å². The van der Waals surface area contributed by atoms with Crippen LogP contribution in [0.15, 0.2) is 24.3 Å². The highest BCUT2D eigenvalue weighted by molar-refractivity contribution is 5.29. The minimum atomic E-state index is 0.590. The van der Waals surface area contributed by atoms with Crippen molar-refractivity contribution in [2.45, 2.75) is 45.4 Å². The molecule has 0 heterocycles. The van der Waals surface area contributed by atoms with Crippen LogP contribution in [0.3, 0.4) is 0 Å². The summed E-state index contributed by atoms with van der Waals surface area (Å²) < 4.78 is 16.4. The molecular weight excluding hydrogens is 276 g/mol. The van der Waals surface area contributed by atoms with Gasteiger partial charge in [0.25, 0.3) is 0 Å². The quantitative estimate of drug-likeness (QED) is 0.632. The maximum Gasteiger partial charge on any atom is 0.119 e. The van der Waals surface area contributed by atoms with Crippen LogP contribution in [0.4, 0.5) is 0 Å². The Labute approximate surface area is 135 Å². The molecule has 3 nitrogen and oxygen atoms in total. The third-order valence-electron chi connectivity index (χ3n) is 4.44. The number of rotatable bonds is 9. The zero-order chi connectivity index (χ0) is 15.6. The van der Waals surface area contributed by atoms with Gasteiger partial charge in [0.2, 0.25) is 0 Å². The normalized spacial score (nSPS) is 21.7. The summed E-state index contributed by atoms with van der Waals surface area (Å²) in [6, 6.07) is 8.64. The molecule has 0 amide bonds. The first-order valence-corrected chi connectivity index (χ1v) is 8.67. The summed E-state index contributed by atoms with van der Waals surface area (Å²) >= 11 is 0. The molecule has 3 heteroatoms. The van der Waals surface area contributed by atoms with Gasteiger partial charge in [-0.15, -0.1) is 0 Å². The third kappa shape index (κ3) is 5.98. The van der Waals surface area contributed by atoms with E-state index in [1.54, 1.807) is 0 Å². The van der Waals surface area contributed by atoms with Crippen LogP contribution in [0.2, 0.25) is 0 Å². The molecule has 1 aliphatic rings. The van der Waals surface area contributed by atoms with Gasteiger partial charge >= 0.3 is 0 Å². The van der Waals surface area contributed by atoms with Crippen LogP contribution < -0.4 is 4.74 Å². The summed E-state index contributed by atoms with van der Waals surface area (Å²) in [6.07, 6.45) is 5.38. The van der Waals surface area contributed by atoms with Crippen molar-refractivity contribution >= 4 is 0 Å². The lowest BCUT2D eigenvalue weighted by Crippen LogP contribution is -2.11. The maximum absolute atomic E-state index is 5.71. The van der Waals surface area contributed by atoms with E-state index in [4.69, 9.17) is 14.2 Å². The van der Waals surface area contributed by atoms with E-state index in [2.05, 4.69) is 31.2 Å². The molecule has 0 radical (unpaired) electrons. The molecule has 0 N–H and O–H groups in total. The molecule has 0 bridgehead atoms. The van der Waals surface area contributed by atoms with Gasteiger partial charge in [-0.05, 0) is 49.3 Å². The molecule has 0 aromatic heterocycles. The monoisotopic (exact) mass is 306 g/mol. The van der Waals surface area contributed by atoms with E-state index in [1.165, 1.54) is 31.2 Å². The highest BCUT2D eigenvalue weighted by atomic mass is 16.5. The predicted octanol–water partition coefficient (Wildman–Crippen LogP) is 4.41. The summed E-state index contributed by atoms with van der Waals surface area (Å²) in [5, 5.41) is 0. The molecule has 124 valence electrons.